The van der Waals surface area contributed by atoms with Crippen LogP contribution in [0.4, 0.5) is 0 Å². The van der Waals surface area contributed by atoms with E-state index in [-0.39, 0.29) is 5.41 Å². The second-order valence-electron chi connectivity index (χ2n) is 3.41. The third-order valence-electron chi connectivity index (χ3n) is 2.37. The third kappa shape index (κ3) is 1.67. The zero-order chi connectivity index (χ0) is 9.19. The molecular weight excluding hydrogens is 168 g/mol. The molecule has 2 nitrogen and oxygen atoms in total. The van der Waals surface area contributed by atoms with Crippen molar-refractivity contribution in [1.82, 2.24) is 4.98 Å². The Bertz CT molecular complexity index is 251. The quantitative estimate of drug-likeness (QED) is 0.781. The molecule has 1 atom stereocenters. The van der Waals surface area contributed by atoms with Gasteiger partial charge >= 0.3 is 0 Å². The number of aryl methyl sites for hydroxylation is 1. The lowest BCUT2D eigenvalue weighted by Crippen LogP contribution is -2.30. The van der Waals surface area contributed by atoms with Crippen LogP contribution in [-0.4, -0.2) is 11.5 Å². The van der Waals surface area contributed by atoms with E-state index in [0.717, 1.165) is 12.1 Å². The SMILES string of the molecule is CCC(C)(CN)c1nc(C)cs1. The van der Waals surface area contributed by atoms with Crippen molar-refractivity contribution in [3.05, 3.63) is 16.1 Å². The van der Waals surface area contributed by atoms with Gasteiger partial charge in [0.2, 0.25) is 0 Å². The normalized spacial score (nSPS) is 16.0. The van der Waals surface area contributed by atoms with E-state index in [0.29, 0.717) is 6.54 Å². The topological polar surface area (TPSA) is 38.9 Å². The van der Waals surface area contributed by atoms with E-state index >= 15 is 0 Å². The van der Waals surface area contributed by atoms with Gasteiger partial charge in [0.15, 0.2) is 0 Å². The molecule has 1 rings (SSSR count). The Morgan fingerprint density at radius 2 is 2.33 bits per heavy atom. The Kier molecular flexibility index (Phi) is 2.85. The van der Waals surface area contributed by atoms with Crippen molar-refractivity contribution in [3.63, 3.8) is 0 Å². The molecule has 0 aliphatic heterocycles. The first-order chi connectivity index (χ1) is 5.62. The third-order valence-corrected chi connectivity index (χ3v) is 3.63. The molecule has 0 fully saturated rings. The van der Waals surface area contributed by atoms with Gasteiger partial charge < -0.3 is 5.73 Å². The number of rotatable bonds is 3. The summed E-state index contributed by atoms with van der Waals surface area (Å²) < 4.78 is 0. The maximum Gasteiger partial charge on any atom is 0.0999 e. The van der Waals surface area contributed by atoms with Gasteiger partial charge in [-0.3, -0.25) is 0 Å². The lowest BCUT2D eigenvalue weighted by atomic mass is 9.89. The summed E-state index contributed by atoms with van der Waals surface area (Å²) in [5.41, 5.74) is 6.91. The largest absolute Gasteiger partial charge is 0.330 e. The Hall–Kier alpha value is -0.410. The minimum absolute atomic E-state index is 0.0823. The number of hydrogen-bond acceptors (Lipinski definition) is 3. The van der Waals surface area contributed by atoms with Gasteiger partial charge in [-0.1, -0.05) is 13.8 Å². The van der Waals surface area contributed by atoms with E-state index in [4.69, 9.17) is 5.73 Å². The van der Waals surface area contributed by atoms with Crippen molar-refractivity contribution in [2.75, 3.05) is 6.54 Å². The molecule has 68 valence electrons. The highest BCUT2D eigenvalue weighted by Gasteiger charge is 2.25. The fourth-order valence-corrected chi connectivity index (χ4v) is 2.06. The van der Waals surface area contributed by atoms with Gasteiger partial charge in [0.25, 0.3) is 0 Å². The van der Waals surface area contributed by atoms with Crippen LogP contribution in [0.25, 0.3) is 0 Å². The molecule has 0 amide bonds. The van der Waals surface area contributed by atoms with E-state index < -0.39 is 0 Å². The molecule has 2 N–H and O–H groups in total. The van der Waals surface area contributed by atoms with Crippen LogP contribution in [0.1, 0.15) is 31.0 Å². The summed E-state index contributed by atoms with van der Waals surface area (Å²) in [6.45, 7) is 7.03. The Labute approximate surface area is 77.8 Å². The molecule has 0 spiro atoms. The van der Waals surface area contributed by atoms with Gasteiger partial charge in [-0.2, -0.15) is 0 Å². The molecule has 12 heavy (non-hydrogen) atoms. The highest BCUT2D eigenvalue weighted by molar-refractivity contribution is 7.09. The maximum atomic E-state index is 5.73. The van der Waals surface area contributed by atoms with Gasteiger partial charge in [0, 0.05) is 23.0 Å². The van der Waals surface area contributed by atoms with Crippen LogP contribution in [0.2, 0.25) is 0 Å². The molecule has 1 aromatic heterocycles. The number of nitrogens with zero attached hydrogens (tertiary/aromatic N) is 1. The molecular formula is C9H16N2S. The second kappa shape index (κ2) is 3.54. The standard InChI is InChI=1S/C9H16N2S/c1-4-9(3,6-10)8-11-7(2)5-12-8/h5H,4,6,10H2,1-3H3. The first-order valence-corrected chi connectivity index (χ1v) is 5.13. The summed E-state index contributed by atoms with van der Waals surface area (Å²) in [5, 5.41) is 3.25. The van der Waals surface area contributed by atoms with Gasteiger partial charge in [-0.25, -0.2) is 4.98 Å². The minimum Gasteiger partial charge on any atom is -0.330 e. The van der Waals surface area contributed by atoms with Gasteiger partial charge in [-0.15, -0.1) is 11.3 Å². The average molecular weight is 184 g/mol. The van der Waals surface area contributed by atoms with Gasteiger partial charge in [-0.05, 0) is 13.3 Å². The van der Waals surface area contributed by atoms with Gasteiger partial charge in [0.05, 0.1) is 5.01 Å². The zero-order valence-corrected chi connectivity index (χ0v) is 8.74. The molecule has 1 heterocycles. The summed E-state index contributed by atoms with van der Waals surface area (Å²) in [7, 11) is 0. The number of nitrogens with two attached hydrogens (primary N) is 1. The molecule has 0 radical (unpaired) electrons. The van der Waals surface area contributed by atoms with Crippen molar-refractivity contribution < 1.29 is 0 Å². The summed E-state index contributed by atoms with van der Waals surface area (Å²) in [6.07, 6.45) is 1.05. The summed E-state index contributed by atoms with van der Waals surface area (Å²) in [4.78, 5) is 4.46. The highest BCUT2D eigenvalue weighted by Crippen LogP contribution is 2.28. The molecule has 0 aliphatic carbocycles. The lowest BCUT2D eigenvalue weighted by molar-refractivity contribution is 0.464. The first kappa shape index (κ1) is 9.68. The van der Waals surface area contributed by atoms with Gasteiger partial charge in [0.1, 0.15) is 0 Å². The summed E-state index contributed by atoms with van der Waals surface area (Å²) >= 11 is 1.71. The highest BCUT2D eigenvalue weighted by atomic mass is 32.1. The van der Waals surface area contributed by atoms with Crippen LogP contribution in [0, 0.1) is 6.92 Å². The van der Waals surface area contributed by atoms with E-state index in [1.54, 1.807) is 11.3 Å². The Morgan fingerprint density at radius 3 is 2.67 bits per heavy atom. The number of hydrogen-bond donors (Lipinski definition) is 1. The fraction of sp³-hybridized carbons (Fsp3) is 0.667. The van der Waals surface area contributed by atoms with Crippen molar-refractivity contribution in [2.45, 2.75) is 32.6 Å². The van der Waals surface area contributed by atoms with Crippen molar-refractivity contribution in [2.24, 2.45) is 5.73 Å². The lowest BCUT2D eigenvalue weighted by Gasteiger charge is -2.23. The zero-order valence-electron chi connectivity index (χ0n) is 7.92. The van der Waals surface area contributed by atoms with Crippen molar-refractivity contribution >= 4 is 11.3 Å². The minimum atomic E-state index is 0.0823. The van der Waals surface area contributed by atoms with Crippen LogP contribution in [-0.2, 0) is 5.41 Å². The monoisotopic (exact) mass is 184 g/mol. The smallest absolute Gasteiger partial charge is 0.0999 e. The van der Waals surface area contributed by atoms with E-state index in [9.17, 15) is 0 Å². The molecule has 0 bridgehead atoms. The molecule has 0 aliphatic rings. The van der Waals surface area contributed by atoms with Crippen molar-refractivity contribution in [1.29, 1.82) is 0 Å². The Balaban J connectivity index is 2.94. The van der Waals surface area contributed by atoms with Crippen molar-refractivity contribution in [3.8, 4) is 0 Å². The Morgan fingerprint density at radius 1 is 1.67 bits per heavy atom. The molecule has 0 saturated carbocycles. The van der Waals surface area contributed by atoms with Crippen LogP contribution in [0.5, 0.6) is 0 Å². The average Bonchev–Trinajstić information content (AvgIpc) is 2.51. The van der Waals surface area contributed by atoms with E-state index in [1.807, 2.05) is 6.92 Å². The number of thiazole rings is 1. The maximum absolute atomic E-state index is 5.73. The van der Waals surface area contributed by atoms with Crippen LogP contribution >= 0.6 is 11.3 Å². The van der Waals surface area contributed by atoms with E-state index in [1.165, 1.54) is 5.01 Å². The predicted molar refractivity (Wildman–Crippen MR) is 53.5 cm³/mol. The summed E-state index contributed by atoms with van der Waals surface area (Å²) in [6, 6.07) is 0. The second-order valence-corrected chi connectivity index (χ2v) is 4.27. The van der Waals surface area contributed by atoms with Crippen LogP contribution in [0.3, 0.4) is 0 Å². The molecule has 0 saturated heterocycles. The first-order valence-electron chi connectivity index (χ1n) is 4.25. The number of aromatic nitrogens is 1. The molecule has 1 unspecified atom stereocenters. The van der Waals surface area contributed by atoms with Crippen LogP contribution in [0.15, 0.2) is 5.38 Å². The summed E-state index contributed by atoms with van der Waals surface area (Å²) in [5.74, 6) is 0. The fourth-order valence-electron chi connectivity index (χ4n) is 1.01. The van der Waals surface area contributed by atoms with Crippen LogP contribution < -0.4 is 5.73 Å². The molecule has 0 aromatic carbocycles. The predicted octanol–water partition coefficient (Wildman–Crippen LogP) is 2.08. The molecule has 3 heteroatoms. The molecule has 1 aromatic rings. The van der Waals surface area contributed by atoms with E-state index in [2.05, 4.69) is 24.2 Å².